The van der Waals surface area contributed by atoms with Gasteiger partial charge in [0.25, 0.3) is 0 Å². The molecule has 1 heterocycles. The summed E-state index contributed by atoms with van der Waals surface area (Å²) in [4.78, 5) is 10.7. The molecule has 0 saturated carbocycles. The van der Waals surface area contributed by atoms with E-state index in [1.807, 2.05) is 24.3 Å². The SMILES string of the molecule is CCc1ccc(CNCc2ccc(C(=O)O)cc2)o1. The first-order valence-corrected chi connectivity index (χ1v) is 6.29. The molecule has 1 aromatic carbocycles. The van der Waals surface area contributed by atoms with E-state index in [0.717, 1.165) is 23.5 Å². The Labute approximate surface area is 112 Å². The summed E-state index contributed by atoms with van der Waals surface area (Å²) in [6.07, 6.45) is 0.899. The van der Waals surface area contributed by atoms with Gasteiger partial charge < -0.3 is 14.8 Å². The topological polar surface area (TPSA) is 62.5 Å². The number of hydrogen-bond acceptors (Lipinski definition) is 3. The van der Waals surface area contributed by atoms with Crippen molar-refractivity contribution in [3.8, 4) is 0 Å². The molecule has 1 aromatic heterocycles. The lowest BCUT2D eigenvalue weighted by molar-refractivity contribution is 0.0697. The van der Waals surface area contributed by atoms with Crippen LogP contribution in [0, 0.1) is 0 Å². The molecular formula is C15H17NO3. The van der Waals surface area contributed by atoms with Crippen LogP contribution >= 0.6 is 0 Å². The van der Waals surface area contributed by atoms with Crippen LogP contribution in [-0.2, 0) is 19.5 Å². The Morgan fingerprint density at radius 3 is 2.37 bits per heavy atom. The largest absolute Gasteiger partial charge is 0.478 e. The minimum Gasteiger partial charge on any atom is -0.478 e. The first-order chi connectivity index (χ1) is 9.19. The van der Waals surface area contributed by atoms with Crippen molar-refractivity contribution < 1.29 is 14.3 Å². The van der Waals surface area contributed by atoms with Crippen molar-refractivity contribution in [2.45, 2.75) is 26.4 Å². The number of rotatable bonds is 6. The van der Waals surface area contributed by atoms with Gasteiger partial charge in [0, 0.05) is 13.0 Å². The van der Waals surface area contributed by atoms with Crippen LogP contribution in [0.2, 0.25) is 0 Å². The molecule has 0 aliphatic rings. The van der Waals surface area contributed by atoms with Gasteiger partial charge in [0.15, 0.2) is 0 Å². The van der Waals surface area contributed by atoms with Crippen LogP contribution in [0.15, 0.2) is 40.8 Å². The quantitative estimate of drug-likeness (QED) is 0.837. The molecule has 4 nitrogen and oxygen atoms in total. The van der Waals surface area contributed by atoms with Gasteiger partial charge in [0.1, 0.15) is 11.5 Å². The third kappa shape index (κ3) is 3.69. The van der Waals surface area contributed by atoms with Crippen LogP contribution in [0.25, 0.3) is 0 Å². The summed E-state index contributed by atoms with van der Waals surface area (Å²) in [6, 6.07) is 10.8. The number of aryl methyl sites for hydroxylation is 1. The minimum absolute atomic E-state index is 0.308. The lowest BCUT2D eigenvalue weighted by Crippen LogP contribution is -2.12. The summed E-state index contributed by atoms with van der Waals surface area (Å²) in [6.45, 7) is 3.41. The Bertz CT molecular complexity index is 543. The number of hydrogen-bond donors (Lipinski definition) is 2. The van der Waals surface area contributed by atoms with Gasteiger partial charge >= 0.3 is 5.97 Å². The van der Waals surface area contributed by atoms with Crippen molar-refractivity contribution in [3.63, 3.8) is 0 Å². The summed E-state index contributed by atoms with van der Waals surface area (Å²) >= 11 is 0. The van der Waals surface area contributed by atoms with Gasteiger partial charge in [-0.25, -0.2) is 4.79 Å². The summed E-state index contributed by atoms with van der Waals surface area (Å²) < 4.78 is 5.58. The Balaban J connectivity index is 1.83. The van der Waals surface area contributed by atoms with Gasteiger partial charge in [0.05, 0.1) is 12.1 Å². The van der Waals surface area contributed by atoms with Crippen molar-refractivity contribution in [2.24, 2.45) is 0 Å². The van der Waals surface area contributed by atoms with Crippen LogP contribution in [0.4, 0.5) is 0 Å². The van der Waals surface area contributed by atoms with Gasteiger partial charge in [-0.3, -0.25) is 0 Å². The highest BCUT2D eigenvalue weighted by Crippen LogP contribution is 2.09. The molecule has 19 heavy (non-hydrogen) atoms. The number of aromatic carboxylic acids is 1. The highest BCUT2D eigenvalue weighted by atomic mass is 16.4. The molecule has 0 amide bonds. The smallest absolute Gasteiger partial charge is 0.335 e. The van der Waals surface area contributed by atoms with Crippen molar-refractivity contribution in [3.05, 3.63) is 59.0 Å². The monoisotopic (exact) mass is 259 g/mol. The Morgan fingerprint density at radius 2 is 1.79 bits per heavy atom. The molecule has 0 atom stereocenters. The van der Waals surface area contributed by atoms with Crippen molar-refractivity contribution in [1.82, 2.24) is 5.32 Å². The standard InChI is InChI=1S/C15H17NO3/c1-2-13-7-8-14(19-13)10-16-9-11-3-5-12(6-4-11)15(17)18/h3-8,16H,2,9-10H2,1H3,(H,17,18). The second-order valence-corrected chi connectivity index (χ2v) is 4.33. The molecule has 0 spiro atoms. The average Bonchev–Trinajstić information content (AvgIpc) is 2.87. The van der Waals surface area contributed by atoms with E-state index in [1.165, 1.54) is 0 Å². The number of benzene rings is 1. The van der Waals surface area contributed by atoms with E-state index in [2.05, 4.69) is 12.2 Å². The fraction of sp³-hybridized carbons (Fsp3) is 0.267. The van der Waals surface area contributed by atoms with Crippen molar-refractivity contribution >= 4 is 5.97 Å². The highest BCUT2D eigenvalue weighted by Gasteiger charge is 2.02. The maximum Gasteiger partial charge on any atom is 0.335 e. The summed E-state index contributed by atoms with van der Waals surface area (Å²) in [7, 11) is 0. The molecule has 4 heteroatoms. The molecule has 2 rings (SSSR count). The van der Waals surface area contributed by atoms with Crippen LogP contribution < -0.4 is 5.32 Å². The predicted octanol–water partition coefficient (Wildman–Crippen LogP) is 2.83. The molecule has 0 fully saturated rings. The van der Waals surface area contributed by atoms with Gasteiger partial charge in [-0.2, -0.15) is 0 Å². The first kappa shape index (κ1) is 13.4. The molecular weight excluding hydrogens is 242 g/mol. The zero-order valence-corrected chi connectivity index (χ0v) is 10.8. The molecule has 0 radical (unpaired) electrons. The zero-order valence-electron chi connectivity index (χ0n) is 10.8. The lowest BCUT2D eigenvalue weighted by atomic mass is 10.1. The van der Waals surface area contributed by atoms with Crippen LogP contribution in [-0.4, -0.2) is 11.1 Å². The summed E-state index contributed by atoms with van der Waals surface area (Å²) in [5.74, 6) is 1.00. The van der Waals surface area contributed by atoms with Gasteiger partial charge in [-0.1, -0.05) is 19.1 Å². The third-order valence-electron chi connectivity index (χ3n) is 2.90. The Morgan fingerprint density at radius 1 is 1.11 bits per heavy atom. The van der Waals surface area contributed by atoms with E-state index in [4.69, 9.17) is 9.52 Å². The minimum atomic E-state index is -0.901. The maximum absolute atomic E-state index is 10.7. The van der Waals surface area contributed by atoms with Gasteiger partial charge in [0.2, 0.25) is 0 Å². The van der Waals surface area contributed by atoms with Crippen LogP contribution in [0.3, 0.4) is 0 Å². The summed E-state index contributed by atoms with van der Waals surface area (Å²) in [5, 5.41) is 12.1. The normalized spacial score (nSPS) is 10.6. The van der Waals surface area contributed by atoms with Gasteiger partial charge in [-0.15, -0.1) is 0 Å². The second kappa shape index (κ2) is 6.20. The molecule has 0 aliphatic carbocycles. The van der Waals surface area contributed by atoms with Crippen LogP contribution in [0.1, 0.15) is 34.4 Å². The molecule has 2 N–H and O–H groups in total. The molecule has 0 unspecified atom stereocenters. The van der Waals surface area contributed by atoms with Crippen molar-refractivity contribution in [1.29, 1.82) is 0 Å². The highest BCUT2D eigenvalue weighted by molar-refractivity contribution is 5.87. The van der Waals surface area contributed by atoms with Crippen molar-refractivity contribution in [2.75, 3.05) is 0 Å². The predicted molar refractivity (Wildman–Crippen MR) is 72.0 cm³/mol. The van der Waals surface area contributed by atoms with Gasteiger partial charge in [-0.05, 0) is 29.8 Å². The fourth-order valence-corrected chi connectivity index (χ4v) is 1.80. The number of carboxylic acids is 1. The van der Waals surface area contributed by atoms with E-state index in [0.29, 0.717) is 18.7 Å². The van der Waals surface area contributed by atoms with E-state index >= 15 is 0 Å². The molecule has 100 valence electrons. The molecule has 0 saturated heterocycles. The Kier molecular flexibility index (Phi) is 4.36. The summed E-state index contributed by atoms with van der Waals surface area (Å²) in [5.41, 5.74) is 1.36. The Hall–Kier alpha value is -2.07. The van der Waals surface area contributed by atoms with E-state index < -0.39 is 5.97 Å². The van der Waals surface area contributed by atoms with E-state index in [9.17, 15) is 4.79 Å². The molecule has 0 aliphatic heterocycles. The lowest BCUT2D eigenvalue weighted by Gasteiger charge is -2.03. The maximum atomic E-state index is 10.7. The van der Waals surface area contributed by atoms with E-state index in [-0.39, 0.29) is 0 Å². The second-order valence-electron chi connectivity index (χ2n) is 4.33. The van der Waals surface area contributed by atoms with E-state index in [1.54, 1.807) is 12.1 Å². The number of nitrogens with one attached hydrogen (secondary N) is 1. The molecule has 2 aromatic rings. The average molecular weight is 259 g/mol. The third-order valence-corrected chi connectivity index (χ3v) is 2.90. The number of carbonyl (C=O) groups is 1. The number of carboxylic acid groups (broad SMARTS) is 1. The number of furan rings is 1. The molecule has 0 bridgehead atoms. The fourth-order valence-electron chi connectivity index (χ4n) is 1.80. The van der Waals surface area contributed by atoms with Crippen LogP contribution in [0.5, 0.6) is 0 Å². The first-order valence-electron chi connectivity index (χ1n) is 6.29. The zero-order chi connectivity index (χ0) is 13.7.